The predicted molar refractivity (Wildman–Crippen MR) is 68.8 cm³/mol. The van der Waals surface area contributed by atoms with Crippen molar-refractivity contribution in [3.8, 4) is 0 Å². The van der Waals surface area contributed by atoms with E-state index in [0.29, 0.717) is 13.1 Å². The number of nitrogens with two attached hydrogens (primary N) is 1. The van der Waals surface area contributed by atoms with E-state index in [9.17, 15) is 9.59 Å². The van der Waals surface area contributed by atoms with Crippen molar-refractivity contribution in [2.75, 3.05) is 27.2 Å². The van der Waals surface area contributed by atoms with Crippen molar-refractivity contribution in [3.05, 3.63) is 0 Å². The first-order valence-corrected chi connectivity index (χ1v) is 5.85. The second-order valence-electron chi connectivity index (χ2n) is 5.39. The molecule has 0 aliphatic carbocycles. The van der Waals surface area contributed by atoms with E-state index in [2.05, 4.69) is 0 Å². The maximum atomic E-state index is 12.1. The molecule has 17 heavy (non-hydrogen) atoms. The summed E-state index contributed by atoms with van der Waals surface area (Å²) in [5, 5.41) is 0. The van der Waals surface area contributed by atoms with Gasteiger partial charge in [-0.3, -0.25) is 4.79 Å². The smallest absolute Gasteiger partial charge is 0.320 e. The first kappa shape index (κ1) is 15.9. The molecule has 1 unspecified atom stereocenters. The van der Waals surface area contributed by atoms with Gasteiger partial charge in [0.1, 0.15) is 0 Å². The van der Waals surface area contributed by atoms with Gasteiger partial charge in [0.15, 0.2) is 5.78 Å². The van der Waals surface area contributed by atoms with Gasteiger partial charge in [-0.25, -0.2) is 4.79 Å². The van der Waals surface area contributed by atoms with E-state index in [1.165, 1.54) is 9.80 Å². The lowest BCUT2D eigenvalue weighted by Crippen LogP contribution is -2.49. The molecule has 0 saturated heterocycles. The van der Waals surface area contributed by atoms with E-state index in [1.54, 1.807) is 21.0 Å². The Morgan fingerprint density at radius 2 is 1.71 bits per heavy atom. The van der Waals surface area contributed by atoms with Crippen LogP contribution in [0.25, 0.3) is 0 Å². The fourth-order valence-electron chi connectivity index (χ4n) is 1.53. The first-order valence-electron chi connectivity index (χ1n) is 5.85. The standard InChI is InChI=1S/C12H25N3O2/c1-9(10(16)12(2,3)4)15(6)11(17)14(5)8-7-13/h9H,7-8,13H2,1-6H3. The van der Waals surface area contributed by atoms with Crippen LogP contribution in [0.5, 0.6) is 0 Å². The van der Waals surface area contributed by atoms with Crippen LogP contribution in [0.1, 0.15) is 27.7 Å². The van der Waals surface area contributed by atoms with Gasteiger partial charge in [-0.2, -0.15) is 0 Å². The van der Waals surface area contributed by atoms with Crippen molar-refractivity contribution in [2.45, 2.75) is 33.7 Å². The van der Waals surface area contributed by atoms with Crippen molar-refractivity contribution >= 4 is 11.8 Å². The molecule has 0 bridgehead atoms. The van der Waals surface area contributed by atoms with Gasteiger partial charge in [0.2, 0.25) is 0 Å². The third-order valence-electron chi connectivity index (χ3n) is 2.79. The van der Waals surface area contributed by atoms with Crippen LogP contribution in [0.4, 0.5) is 4.79 Å². The van der Waals surface area contributed by atoms with Crippen LogP contribution in [-0.4, -0.2) is 54.8 Å². The molecule has 0 aromatic heterocycles. The SMILES string of the molecule is CC(C(=O)C(C)(C)C)N(C)C(=O)N(C)CCN. The van der Waals surface area contributed by atoms with Gasteiger partial charge in [-0.15, -0.1) is 0 Å². The van der Waals surface area contributed by atoms with Gasteiger partial charge in [-0.05, 0) is 6.92 Å². The van der Waals surface area contributed by atoms with Crippen molar-refractivity contribution in [1.82, 2.24) is 9.80 Å². The number of amides is 2. The van der Waals surface area contributed by atoms with Gasteiger partial charge in [0, 0.05) is 32.6 Å². The van der Waals surface area contributed by atoms with Crippen LogP contribution in [0.15, 0.2) is 0 Å². The Hall–Kier alpha value is -1.10. The maximum Gasteiger partial charge on any atom is 0.320 e. The number of rotatable bonds is 4. The van der Waals surface area contributed by atoms with E-state index >= 15 is 0 Å². The molecule has 2 amide bonds. The van der Waals surface area contributed by atoms with Crippen molar-refractivity contribution in [3.63, 3.8) is 0 Å². The topological polar surface area (TPSA) is 66.6 Å². The van der Waals surface area contributed by atoms with Crippen molar-refractivity contribution in [1.29, 1.82) is 0 Å². The minimum atomic E-state index is -0.444. The molecule has 0 heterocycles. The number of Topliss-reactive ketones (excluding diaryl/α,β-unsaturated/α-hetero) is 1. The van der Waals surface area contributed by atoms with Gasteiger partial charge in [-0.1, -0.05) is 20.8 Å². The summed E-state index contributed by atoms with van der Waals surface area (Å²) < 4.78 is 0. The largest absolute Gasteiger partial charge is 0.329 e. The fraction of sp³-hybridized carbons (Fsp3) is 0.833. The molecule has 5 heteroatoms. The minimum Gasteiger partial charge on any atom is -0.329 e. The number of hydrogen-bond acceptors (Lipinski definition) is 3. The Morgan fingerprint density at radius 3 is 2.06 bits per heavy atom. The van der Waals surface area contributed by atoms with Crippen LogP contribution in [0.3, 0.4) is 0 Å². The lowest BCUT2D eigenvalue weighted by Gasteiger charge is -2.32. The monoisotopic (exact) mass is 243 g/mol. The Balaban J connectivity index is 4.65. The highest BCUT2D eigenvalue weighted by atomic mass is 16.2. The Morgan fingerprint density at radius 1 is 1.24 bits per heavy atom. The second-order valence-corrected chi connectivity index (χ2v) is 5.39. The zero-order valence-electron chi connectivity index (χ0n) is 11.8. The summed E-state index contributed by atoms with van der Waals surface area (Å²) in [6.07, 6.45) is 0. The number of carbonyl (C=O) groups excluding carboxylic acids is 2. The zero-order chi connectivity index (χ0) is 13.8. The number of urea groups is 1. The van der Waals surface area contributed by atoms with Crippen LogP contribution in [-0.2, 0) is 4.79 Å². The van der Waals surface area contributed by atoms with Crippen LogP contribution < -0.4 is 5.73 Å². The molecule has 5 nitrogen and oxygen atoms in total. The summed E-state index contributed by atoms with van der Waals surface area (Å²) in [7, 11) is 3.32. The normalized spacial score (nSPS) is 13.1. The van der Waals surface area contributed by atoms with Crippen molar-refractivity contribution < 1.29 is 9.59 Å². The number of likely N-dealkylation sites (N-methyl/N-ethyl adjacent to an activating group) is 2. The maximum absolute atomic E-state index is 12.1. The third-order valence-corrected chi connectivity index (χ3v) is 2.79. The molecule has 0 spiro atoms. The molecule has 100 valence electrons. The average Bonchev–Trinajstić information content (AvgIpc) is 2.24. The molecule has 0 radical (unpaired) electrons. The average molecular weight is 243 g/mol. The Labute approximate surface area is 104 Å². The number of carbonyl (C=O) groups is 2. The molecule has 0 aliphatic rings. The summed E-state index contributed by atoms with van der Waals surface area (Å²) in [5.74, 6) is 0.0505. The summed E-state index contributed by atoms with van der Waals surface area (Å²) >= 11 is 0. The molecule has 2 N–H and O–H groups in total. The molecular weight excluding hydrogens is 218 g/mol. The van der Waals surface area contributed by atoms with E-state index < -0.39 is 11.5 Å². The van der Waals surface area contributed by atoms with Crippen molar-refractivity contribution in [2.24, 2.45) is 11.1 Å². The van der Waals surface area contributed by atoms with Gasteiger partial charge in [0.25, 0.3) is 0 Å². The molecule has 1 atom stereocenters. The zero-order valence-corrected chi connectivity index (χ0v) is 11.8. The summed E-state index contributed by atoms with van der Waals surface area (Å²) in [6, 6.07) is -0.608. The lowest BCUT2D eigenvalue weighted by atomic mass is 9.86. The fourth-order valence-corrected chi connectivity index (χ4v) is 1.53. The van der Waals surface area contributed by atoms with E-state index in [0.717, 1.165) is 0 Å². The molecular formula is C12H25N3O2. The van der Waals surface area contributed by atoms with E-state index in [1.807, 2.05) is 20.8 Å². The highest BCUT2D eigenvalue weighted by Gasteiger charge is 2.31. The third kappa shape index (κ3) is 4.34. The molecule has 0 aromatic carbocycles. The van der Waals surface area contributed by atoms with Gasteiger partial charge in [0.05, 0.1) is 6.04 Å². The number of ketones is 1. The van der Waals surface area contributed by atoms with Crippen LogP contribution in [0, 0.1) is 5.41 Å². The van der Waals surface area contributed by atoms with E-state index in [-0.39, 0.29) is 11.8 Å². The minimum absolute atomic E-state index is 0.0505. The van der Waals surface area contributed by atoms with Gasteiger partial charge >= 0.3 is 6.03 Å². The Bertz CT molecular complexity index is 284. The van der Waals surface area contributed by atoms with E-state index in [4.69, 9.17) is 5.73 Å². The highest BCUT2D eigenvalue weighted by Crippen LogP contribution is 2.19. The van der Waals surface area contributed by atoms with Crippen LogP contribution >= 0.6 is 0 Å². The number of hydrogen-bond donors (Lipinski definition) is 1. The quantitative estimate of drug-likeness (QED) is 0.799. The second kappa shape index (κ2) is 6.00. The number of nitrogens with zero attached hydrogens (tertiary/aromatic N) is 2. The van der Waals surface area contributed by atoms with Crippen LogP contribution in [0.2, 0.25) is 0 Å². The summed E-state index contributed by atoms with van der Waals surface area (Å²) in [4.78, 5) is 27.0. The first-order chi connectivity index (χ1) is 7.62. The van der Waals surface area contributed by atoms with Gasteiger partial charge < -0.3 is 15.5 Å². The molecule has 0 fully saturated rings. The highest BCUT2D eigenvalue weighted by molar-refractivity contribution is 5.91. The summed E-state index contributed by atoms with van der Waals surface area (Å²) in [6.45, 7) is 8.22. The Kier molecular flexibility index (Phi) is 5.61. The lowest BCUT2D eigenvalue weighted by molar-refractivity contribution is -0.130. The molecule has 0 rings (SSSR count). The molecule has 0 aliphatic heterocycles. The molecule has 0 saturated carbocycles. The molecule has 0 aromatic rings. The summed E-state index contributed by atoms with van der Waals surface area (Å²) in [5.41, 5.74) is 4.95. The predicted octanol–water partition coefficient (Wildman–Crippen LogP) is 0.932.